The fourth-order valence-electron chi connectivity index (χ4n) is 5.40. The van der Waals surface area contributed by atoms with Gasteiger partial charge in [-0.15, -0.1) is 45.3 Å². The lowest BCUT2D eigenvalue weighted by molar-refractivity contribution is 1.57. The maximum Gasteiger partial charge on any atom is 0.0368 e. The fraction of sp³-hybridized carbons (Fsp3) is 0. The zero-order valence-corrected chi connectivity index (χ0v) is 23.4. The van der Waals surface area contributed by atoms with Crippen LogP contribution in [-0.4, -0.2) is 0 Å². The summed E-state index contributed by atoms with van der Waals surface area (Å²) in [5.74, 6) is 0. The van der Waals surface area contributed by atoms with Crippen molar-refractivity contribution < 1.29 is 0 Å². The van der Waals surface area contributed by atoms with E-state index in [1.54, 1.807) is 0 Å². The first-order chi connectivity index (χ1) is 18.8. The molecule has 4 heteroatoms. The Morgan fingerprint density at radius 3 is 1.26 bits per heavy atom. The third-order valence-electron chi connectivity index (χ3n) is 7.13. The molecule has 0 amide bonds. The average Bonchev–Trinajstić information content (AvgIpc) is 3.76. The molecular formula is C34H20S4. The van der Waals surface area contributed by atoms with E-state index >= 15 is 0 Å². The zero-order chi connectivity index (χ0) is 25.1. The van der Waals surface area contributed by atoms with Gasteiger partial charge < -0.3 is 0 Å². The van der Waals surface area contributed by atoms with Gasteiger partial charge in [0, 0.05) is 61.2 Å². The first-order valence-electron chi connectivity index (χ1n) is 12.5. The molecule has 0 aliphatic carbocycles. The highest BCUT2D eigenvalue weighted by atomic mass is 32.1. The van der Waals surface area contributed by atoms with Crippen LogP contribution in [0.1, 0.15) is 20.9 Å². The molecule has 0 saturated carbocycles. The number of hydrogen-bond donors (Lipinski definition) is 0. The normalized spacial score (nSPS) is 12.6. The van der Waals surface area contributed by atoms with Crippen LogP contribution >= 0.6 is 45.3 Å². The molecule has 0 saturated heterocycles. The van der Waals surface area contributed by atoms with Gasteiger partial charge in [-0.1, -0.05) is 60.7 Å². The molecule has 8 rings (SSSR count). The standard InChI is InChI=1S/C34H20S4/c1-3-7-21(8-4-1)33(31-19-25-23-15-17-35-27(23)11-13-29(25)37-31)34(22-9-5-2-6-10-22)32-20-26-24-16-18-36-28(24)12-14-30(26)38-32/h1-20H/b34-33+. The maximum atomic E-state index is 2.42. The Bertz CT molecular complexity index is 1960. The van der Waals surface area contributed by atoms with Crippen LogP contribution in [0.25, 0.3) is 51.5 Å². The van der Waals surface area contributed by atoms with E-state index in [-0.39, 0.29) is 0 Å². The van der Waals surface area contributed by atoms with Gasteiger partial charge in [0.1, 0.15) is 0 Å². The molecule has 0 spiro atoms. The van der Waals surface area contributed by atoms with Gasteiger partial charge in [0.15, 0.2) is 0 Å². The topological polar surface area (TPSA) is 0 Å². The van der Waals surface area contributed by atoms with Crippen LogP contribution in [0.2, 0.25) is 0 Å². The molecule has 0 unspecified atom stereocenters. The van der Waals surface area contributed by atoms with Crippen LogP contribution in [0.3, 0.4) is 0 Å². The van der Waals surface area contributed by atoms with Gasteiger partial charge >= 0.3 is 0 Å². The second-order valence-electron chi connectivity index (χ2n) is 9.32. The van der Waals surface area contributed by atoms with Crippen LogP contribution in [0.4, 0.5) is 0 Å². The molecule has 0 radical (unpaired) electrons. The van der Waals surface area contributed by atoms with Crippen molar-refractivity contribution in [1.29, 1.82) is 0 Å². The van der Waals surface area contributed by atoms with Crippen molar-refractivity contribution >= 4 is 96.8 Å². The summed E-state index contributed by atoms with van der Waals surface area (Å²) in [7, 11) is 0. The Kier molecular flexibility index (Phi) is 5.34. The van der Waals surface area contributed by atoms with Crippen molar-refractivity contribution in [2.24, 2.45) is 0 Å². The van der Waals surface area contributed by atoms with E-state index < -0.39 is 0 Å². The van der Waals surface area contributed by atoms with Crippen LogP contribution in [0.15, 0.2) is 120 Å². The Morgan fingerprint density at radius 1 is 0.395 bits per heavy atom. The second-order valence-corrected chi connectivity index (χ2v) is 13.4. The van der Waals surface area contributed by atoms with Crippen LogP contribution in [0.5, 0.6) is 0 Å². The molecule has 0 atom stereocenters. The summed E-state index contributed by atoms with van der Waals surface area (Å²) < 4.78 is 5.37. The Labute approximate surface area is 236 Å². The highest BCUT2D eigenvalue weighted by Crippen LogP contribution is 2.46. The molecular weight excluding hydrogens is 537 g/mol. The van der Waals surface area contributed by atoms with Gasteiger partial charge in [-0.05, 0) is 70.4 Å². The van der Waals surface area contributed by atoms with Crippen LogP contribution < -0.4 is 0 Å². The fourth-order valence-corrected chi connectivity index (χ4v) is 9.31. The van der Waals surface area contributed by atoms with E-state index in [0.29, 0.717) is 0 Å². The molecule has 0 aliphatic heterocycles. The summed E-state index contributed by atoms with van der Waals surface area (Å²) in [6.07, 6.45) is 0. The van der Waals surface area contributed by atoms with E-state index in [4.69, 9.17) is 0 Å². The third kappa shape index (κ3) is 3.60. The third-order valence-corrected chi connectivity index (χ3v) is 11.1. The van der Waals surface area contributed by atoms with E-state index in [9.17, 15) is 0 Å². The van der Waals surface area contributed by atoms with E-state index in [0.717, 1.165) is 0 Å². The largest absolute Gasteiger partial charge is 0.144 e. The highest BCUT2D eigenvalue weighted by Gasteiger charge is 2.21. The maximum absolute atomic E-state index is 2.42. The van der Waals surface area contributed by atoms with E-state index in [1.165, 1.54) is 72.4 Å². The molecule has 4 heterocycles. The molecule has 38 heavy (non-hydrogen) atoms. The summed E-state index contributed by atoms with van der Waals surface area (Å²) in [5, 5.41) is 9.80. The van der Waals surface area contributed by atoms with Gasteiger partial charge in [-0.2, -0.15) is 0 Å². The lowest BCUT2D eigenvalue weighted by Crippen LogP contribution is -1.94. The minimum Gasteiger partial charge on any atom is -0.144 e. The molecule has 0 N–H and O–H groups in total. The van der Waals surface area contributed by atoms with E-state index in [2.05, 4.69) is 120 Å². The van der Waals surface area contributed by atoms with Gasteiger partial charge in [0.05, 0.1) is 0 Å². The number of rotatable bonds is 4. The molecule has 0 bridgehead atoms. The minimum atomic E-state index is 1.25. The summed E-state index contributed by atoms with van der Waals surface area (Å²) in [6.45, 7) is 0. The van der Waals surface area contributed by atoms with Gasteiger partial charge in [0.25, 0.3) is 0 Å². The van der Waals surface area contributed by atoms with Crippen molar-refractivity contribution in [3.8, 4) is 0 Å². The van der Waals surface area contributed by atoms with Crippen LogP contribution in [-0.2, 0) is 0 Å². The van der Waals surface area contributed by atoms with Crippen molar-refractivity contribution in [3.63, 3.8) is 0 Å². The summed E-state index contributed by atoms with van der Waals surface area (Å²) in [5.41, 5.74) is 5.10. The highest BCUT2D eigenvalue weighted by molar-refractivity contribution is 7.22. The summed E-state index contributed by atoms with van der Waals surface area (Å²) >= 11 is 7.43. The van der Waals surface area contributed by atoms with Crippen molar-refractivity contribution in [2.45, 2.75) is 0 Å². The minimum absolute atomic E-state index is 1.25. The predicted molar refractivity (Wildman–Crippen MR) is 172 cm³/mol. The average molecular weight is 557 g/mol. The number of hydrogen-bond acceptors (Lipinski definition) is 4. The molecule has 0 nitrogen and oxygen atoms in total. The monoisotopic (exact) mass is 556 g/mol. The Morgan fingerprint density at radius 2 is 0.816 bits per heavy atom. The molecule has 0 fully saturated rings. The van der Waals surface area contributed by atoms with Gasteiger partial charge in [-0.25, -0.2) is 0 Å². The van der Waals surface area contributed by atoms with Crippen LogP contribution in [0, 0.1) is 0 Å². The predicted octanol–water partition coefficient (Wildman–Crippen LogP) is 11.6. The van der Waals surface area contributed by atoms with E-state index in [1.807, 2.05) is 45.3 Å². The Hall–Kier alpha value is -3.54. The van der Waals surface area contributed by atoms with Crippen molar-refractivity contribution in [2.75, 3.05) is 0 Å². The lowest BCUT2D eigenvalue weighted by Gasteiger charge is -2.15. The summed E-state index contributed by atoms with van der Waals surface area (Å²) in [6, 6.07) is 40.4. The first kappa shape index (κ1) is 22.4. The summed E-state index contributed by atoms with van der Waals surface area (Å²) in [4.78, 5) is 2.61. The molecule has 4 aromatic carbocycles. The molecule has 4 aromatic heterocycles. The number of thiophene rings is 4. The molecule has 180 valence electrons. The second kappa shape index (κ2) is 9.04. The molecule has 0 aliphatic rings. The smallest absolute Gasteiger partial charge is 0.0368 e. The SMILES string of the molecule is c1ccc(/C(=C(/c2ccccc2)c2cc3c(ccc4sccc43)s2)c2cc3c(ccc4sccc43)s2)cc1. The van der Waals surface area contributed by atoms with Gasteiger partial charge in [0.2, 0.25) is 0 Å². The lowest BCUT2D eigenvalue weighted by atomic mass is 9.92. The first-order valence-corrected chi connectivity index (χ1v) is 15.9. The van der Waals surface area contributed by atoms with Crippen molar-refractivity contribution in [1.82, 2.24) is 0 Å². The number of benzene rings is 4. The zero-order valence-electron chi connectivity index (χ0n) is 20.2. The van der Waals surface area contributed by atoms with Crippen molar-refractivity contribution in [3.05, 3.63) is 141 Å². The quantitative estimate of drug-likeness (QED) is 0.189. The molecule has 8 aromatic rings. The van der Waals surface area contributed by atoms with Gasteiger partial charge in [-0.3, -0.25) is 0 Å². The Balaban J connectivity index is 1.49. The number of fused-ring (bicyclic) bond motifs is 6.